The van der Waals surface area contributed by atoms with Crippen molar-refractivity contribution in [3.05, 3.63) is 204 Å². The Morgan fingerprint density at radius 1 is 0.540 bits per heavy atom. The second-order valence-electron chi connectivity index (χ2n) is 23.4. The molecule has 6 atom stereocenters. The molecule has 10 nitrogen and oxygen atoms in total. The number of anilines is 1. The Morgan fingerprint density at radius 3 is 1.43 bits per heavy atom. The molecule has 6 aromatic rings. The molecule has 0 saturated carbocycles. The molecule has 0 fully saturated rings. The van der Waals surface area contributed by atoms with E-state index in [0.29, 0.717) is 37.1 Å². The Hall–Kier alpha value is -5.69. The SMILES string of the molecule is CCCN(CCC)C(=O)Cc1cccc(I)c1.CCCN(CCC)C(=O)Cc1cccc(N[C@@H](Cc2cc(F)cc(F)c2)[C@H](O)CN[C@H]2CCCc3ccc(CC)cc32)c1.CCc1ccc2c(c1)[C@@H](NC[C@@H](O)[C@@H](N)Cc1cc(F)cc(F)c1)CCC2. The van der Waals surface area contributed by atoms with Gasteiger partial charge in [-0.05, 0) is 217 Å². The van der Waals surface area contributed by atoms with Crippen molar-refractivity contribution in [2.75, 3.05) is 44.6 Å². The zero-order valence-electron chi connectivity index (χ0n) is 52.1. The van der Waals surface area contributed by atoms with E-state index in [4.69, 9.17) is 5.73 Å². The quantitative estimate of drug-likeness (QED) is 0.0211. The van der Waals surface area contributed by atoms with E-state index < -0.39 is 47.6 Å². The maximum atomic E-state index is 14.1. The van der Waals surface area contributed by atoms with Crippen molar-refractivity contribution in [2.24, 2.45) is 5.73 Å². The molecule has 0 radical (unpaired) electrons. The predicted octanol–water partition coefficient (Wildman–Crippen LogP) is 13.7. The number of hydrogen-bond donors (Lipinski definition) is 6. The standard InChI is InChI=1S/C36H47F2N3O2.C22H28F2N2O.C14H20INO/c1-4-15-41(16-5-2)36(43)22-26-9-7-11-31(19-26)40-34(21-27-17-29(37)23-30(38)18-27)35(42)24-39-33-12-8-10-28-14-13-25(6-3)20-32(28)33;1-2-14-6-7-16-4-3-5-21(19(16)10-14)26-13-22(27)20(25)11-15-8-17(23)12-18(24)9-15;1-3-8-16(9-4-2)14(17)11-12-6-5-7-13(15)10-12/h7,9,11,13-14,17-20,23,33-35,39-40,42H,4-6,8,10,12,15-16,21-22,24H2,1-3H3;6-10,12,20-22,26-27H,2-5,11,13,25H2,1H3;5-7,10H,3-4,8-9,11H2,1-2H3/t33-,34-,35+;20-,21-,22+;/m00./s1. The molecular formula is C72H95F4IN6O4. The van der Waals surface area contributed by atoms with Gasteiger partial charge in [0.25, 0.3) is 0 Å². The van der Waals surface area contributed by atoms with Gasteiger partial charge in [0.1, 0.15) is 23.3 Å². The van der Waals surface area contributed by atoms with E-state index in [0.717, 1.165) is 132 Å². The second-order valence-corrected chi connectivity index (χ2v) is 24.7. The topological polar surface area (TPSA) is 143 Å². The van der Waals surface area contributed by atoms with Crippen LogP contribution in [0.4, 0.5) is 23.2 Å². The summed E-state index contributed by atoms with van der Waals surface area (Å²) in [5.74, 6) is -2.20. The lowest BCUT2D eigenvalue weighted by atomic mass is 9.86. The number of halogens is 5. The van der Waals surface area contributed by atoms with Crippen molar-refractivity contribution in [3.63, 3.8) is 0 Å². The Kier molecular flexibility index (Phi) is 29.7. The number of nitrogens with one attached hydrogen (secondary N) is 3. The molecule has 0 heterocycles. The molecule has 87 heavy (non-hydrogen) atoms. The monoisotopic (exact) mass is 1310 g/mol. The van der Waals surface area contributed by atoms with Gasteiger partial charge in [0.2, 0.25) is 11.8 Å². The van der Waals surface area contributed by atoms with Crippen LogP contribution in [0.1, 0.15) is 161 Å². The lowest BCUT2D eigenvalue weighted by molar-refractivity contribution is -0.131. The van der Waals surface area contributed by atoms with Crippen LogP contribution >= 0.6 is 22.6 Å². The normalized spacial score (nSPS) is 15.7. The van der Waals surface area contributed by atoms with Crippen LogP contribution in [0, 0.1) is 26.8 Å². The molecule has 0 aromatic heterocycles. The van der Waals surface area contributed by atoms with E-state index in [-0.39, 0.29) is 36.7 Å². The van der Waals surface area contributed by atoms with Crippen LogP contribution in [0.15, 0.2) is 121 Å². The number of fused-ring (bicyclic) bond motifs is 2. The van der Waals surface area contributed by atoms with Crippen LogP contribution < -0.4 is 21.7 Å². The number of carbonyl (C=O) groups excluding carboxylic acids is 2. The summed E-state index contributed by atoms with van der Waals surface area (Å²) in [5.41, 5.74) is 17.7. The number of rotatable bonds is 28. The fraction of sp³-hybridized carbons (Fsp3) is 0.472. The molecule has 0 bridgehead atoms. The van der Waals surface area contributed by atoms with Gasteiger partial charge in [0, 0.05) is 78.8 Å². The van der Waals surface area contributed by atoms with Gasteiger partial charge < -0.3 is 41.7 Å². The Balaban J connectivity index is 0.000000233. The van der Waals surface area contributed by atoms with Gasteiger partial charge >= 0.3 is 0 Å². The molecule has 6 aromatic carbocycles. The molecule has 0 spiro atoms. The lowest BCUT2D eigenvalue weighted by Crippen LogP contribution is -2.44. The molecule has 7 N–H and O–H groups in total. The first kappa shape index (κ1) is 70.4. The van der Waals surface area contributed by atoms with E-state index in [2.05, 4.69) is 123 Å². The molecule has 2 aliphatic rings. The van der Waals surface area contributed by atoms with Crippen molar-refractivity contribution in [2.45, 2.75) is 181 Å². The highest BCUT2D eigenvalue weighted by Crippen LogP contribution is 2.33. The number of aliphatic hydroxyl groups excluding tert-OH is 2. The lowest BCUT2D eigenvalue weighted by Gasteiger charge is -2.31. The van der Waals surface area contributed by atoms with Crippen molar-refractivity contribution in [1.82, 2.24) is 20.4 Å². The average Bonchev–Trinajstić information content (AvgIpc) is 3.51. The summed E-state index contributed by atoms with van der Waals surface area (Å²) < 4.78 is 56.0. The summed E-state index contributed by atoms with van der Waals surface area (Å²) >= 11 is 2.28. The van der Waals surface area contributed by atoms with Crippen molar-refractivity contribution >= 4 is 40.1 Å². The minimum atomic E-state index is -0.846. The molecule has 2 amide bonds. The maximum Gasteiger partial charge on any atom is 0.226 e. The molecule has 472 valence electrons. The minimum absolute atomic E-state index is 0.0934. The van der Waals surface area contributed by atoms with Gasteiger partial charge in [0.15, 0.2) is 0 Å². The number of aliphatic hydroxyl groups is 2. The van der Waals surface area contributed by atoms with Crippen LogP contribution in [0.5, 0.6) is 0 Å². The molecule has 0 saturated heterocycles. The van der Waals surface area contributed by atoms with E-state index in [1.54, 1.807) is 0 Å². The van der Waals surface area contributed by atoms with Crippen molar-refractivity contribution in [1.29, 1.82) is 0 Å². The summed E-state index contributed by atoms with van der Waals surface area (Å²) in [4.78, 5) is 29.0. The fourth-order valence-electron chi connectivity index (χ4n) is 11.8. The van der Waals surface area contributed by atoms with E-state index in [9.17, 15) is 37.4 Å². The molecule has 0 unspecified atom stereocenters. The van der Waals surface area contributed by atoms with Crippen LogP contribution in [-0.4, -0.2) is 95.4 Å². The van der Waals surface area contributed by atoms with Gasteiger partial charge in [-0.25, -0.2) is 17.6 Å². The fourth-order valence-corrected chi connectivity index (χ4v) is 12.4. The Bertz CT molecular complexity index is 3040. The maximum absolute atomic E-state index is 14.1. The summed E-state index contributed by atoms with van der Waals surface area (Å²) in [6.07, 6.45) is 11.8. The Morgan fingerprint density at radius 2 is 0.977 bits per heavy atom. The van der Waals surface area contributed by atoms with E-state index in [1.165, 1.54) is 61.2 Å². The Labute approximate surface area is 529 Å². The second kappa shape index (κ2) is 36.7. The highest BCUT2D eigenvalue weighted by Gasteiger charge is 2.27. The number of aryl methyl sites for hydroxylation is 4. The first-order chi connectivity index (χ1) is 41.9. The number of amides is 2. The number of nitrogens with zero attached hydrogens (tertiary/aromatic N) is 2. The summed E-state index contributed by atoms with van der Waals surface area (Å²) in [7, 11) is 0. The first-order valence-electron chi connectivity index (χ1n) is 31.8. The summed E-state index contributed by atoms with van der Waals surface area (Å²) in [5, 5.41) is 32.4. The highest BCUT2D eigenvalue weighted by atomic mass is 127. The number of nitrogens with two attached hydrogens (primary N) is 1. The first-order valence-corrected chi connectivity index (χ1v) is 32.9. The third-order valence-corrected chi connectivity index (χ3v) is 17.0. The average molecular weight is 1310 g/mol. The minimum Gasteiger partial charge on any atom is -0.390 e. The molecule has 15 heteroatoms. The van der Waals surface area contributed by atoms with Crippen LogP contribution in [-0.2, 0) is 61.0 Å². The molecule has 0 aliphatic heterocycles. The molecular weight excluding hydrogens is 1220 g/mol. The van der Waals surface area contributed by atoms with Gasteiger partial charge in [-0.1, -0.05) is 102 Å². The van der Waals surface area contributed by atoms with Gasteiger partial charge in [-0.2, -0.15) is 0 Å². The summed E-state index contributed by atoms with van der Waals surface area (Å²) in [6, 6.07) is 35.2. The van der Waals surface area contributed by atoms with Crippen LogP contribution in [0.25, 0.3) is 0 Å². The third kappa shape index (κ3) is 23.0. The largest absolute Gasteiger partial charge is 0.390 e. The van der Waals surface area contributed by atoms with E-state index in [1.807, 2.05) is 52.3 Å². The molecule has 2 aliphatic carbocycles. The van der Waals surface area contributed by atoms with Gasteiger partial charge in [0.05, 0.1) is 31.1 Å². The van der Waals surface area contributed by atoms with Gasteiger partial charge in [-0.15, -0.1) is 0 Å². The highest BCUT2D eigenvalue weighted by molar-refractivity contribution is 14.1. The number of benzene rings is 6. The van der Waals surface area contributed by atoms with Crippen LogP contribution in [0.3, 0.4) is 0 Å². The van der Waals surface area contributed by atoms with Crippen molar-refractivity contribution in [3.8, 4) is 0 Å². The predicted molar refractivity (Wildman–Crippen MR) is 354 cm³/mol. The summed E-state index contributed by atoms with van der Waals surface area (Å²) in [6.45, 7) is 16.5. The zero-order valence-corrected chi connectivity index (χ0v) is 54.3. The number of hydrogen-bond acceptors (Lipinski definition) is 8. The van der Waals surface area contributed by atoms with Crippen LogP contribution in [0.2, 0.25) is 0 Å². The number of carbonyl (C=O) groups is 2. The smallest absolute Gasteiger partial charge is 0.226 e. The van der Waals surface area contributed by atoms with E-state index >= 15 is 0 Å². The van der Waals surface area contributed by atoms with Crippen molar-refractivity contribution < 1.29 is 37.4 Å². The molecule has 8 rings (SSSR count). The van der Waals surface area contributed by atoms with Gasteiger partial charge in [-0.3, -0.25) is 9.59 Å². The third-order valence-electron chi connectivity index (χ3n) is 16.3. The zero-order chi connectivity index (χ0) is 62.8.